The summed E-state index contributed by atoms with van der Waals surface area (Å²) in [6.45, 7) is 2.88. The number of aliphatic hydroxyl groups is 1. The summed E-state index contributed by atoms with van der Waals surface area (Å²) in [5.74, 6) is 0.559. The Bertz CT molecular complexity index is 366. The SMILES string of the molecule is CC1CC(C(=O)N2CCCCCC2CO)(C(N)=S)C1. The van der Waals surface area contributed by atoms with Crippen LogP contribution in [0.5, 0.6) is 0 Å². The second-order valence-corrected chi connectivity index (χ2v) is 6.58. The topological polar surface area (TPSA) is 66.6 Å². The molecule has 0 bridgehead atoms. The van der Waals surface area contributed by atoms with Crippen molar-refractivity contribution < 1.29 is 9.90 Å². The highest BCUT2D eigenvalue weighted by Crippen LogP contribution is 2.47. The summed E-state index contributed by atoms with van der Waals surface area (Å²) in [4.78, 5) is 15.0. The van der Waals surface area contributed by atoms with E-state index in [0.717, 1.165) is 45.1 Å². The number of thiocarbonyl (C=S) groups is 1. The Balaban J connectivity index is 2.18. The number of likely N-dealkylation sites (tertiary alicyclic amines) is 1. The van der Waals surface area contributed by atoms with Gasteiger partial charge in [-0.05, 0) is 31.6 Å². The van der Waals surface area contributed by atoms with Gasteiger partial charge in [0.05, 0.1) is 23.1 Å². The normalized spacial score (nSPS) is 35.4. The van der Waals surface area contributed by atoms with E-state index in [1.54, 1.807) is 0 Å². The van der Waals surface area contributed by atoms with Gasteiger partial charge >= 0.3 is 0 Å². The molecule has 1 saturated carbocycles. The Labute approximate surface area is 120 Å². The fourth-order valence-corrected chi connectivity index (χ4v) is 3.77. The first-order chi connectivity index (χ1) is 9.01. The molecule has 2 aliphatic rings. The van der Waals surface area contributed by atoms with E-state index in [0.29, 0.717) is 10.9 Å². The third-order valence-corrected chi connectivity index (χ3v) is 5.01. The van der Waals surface area contributed by atoms with E-state index in [2.05, 4.69) is 6.92 Å². The van der Waals surface area contributed by atoms with Gasteiger partial charge in [0.2, 0.25) is 5.91 Å². The molecular weight excluding hydrogens is 260 g/mol. The van der Waals surface area contributed by atoms with E-state index < -0.39 is 5.41 Å². The van der Waals surface area contributed by atoms with Gasteiger partial charge in [-0.1, -0.05) is 32.0 Å². The molecule has 5 heteroatoms. The van der Waals surface area contributed by atoms with Crippen molar-refractivity contribution >= 4 is 23.1 Å². The standard InChI is InChI=1S/C14H24N2O2S/c1-10-7-14(8-10,12(15)19)13(18)16-6-4-2-3-5-11(16)9-17/h10-11,17H,2-9H2,1H3,(H2,15,19). The van der Waals surface area contributed by atoms with Crippen LogP contribution in [0, 0.1) is 11.3 Å². The molecule has 108 valence electrons. The minimum atomic E-state index is -0.632. The molecular formula is C14H24N2O2S. The molecule has 19 heavy (non-hydrogen) atoms. The van der Waals surface area contributed by atoms with E-state index in [1.165, 1.54) is 0 Å². The van der Waals surface area contributed by atoms with Gasteiger partial charge in [-0.3, -0.25) is 4.79 Å². The van der Waals surface area contributed by atoms with Crippen LogP contribution in [-0.2, 0) is 4.79 Å². The molecule has 1 atom stereocenters. The summed E-state index contributed by atoms with van der Waals surface area (Å²) in [6, 6.07) is -0.0582. The van der Waals surface area contributed by atoms with E-state index in [4.69, 9.17) is 18.0 Å². The largest absolute Gasteiger partial charge is 0.394 e. The lowest BCUT2D eigenvalue weighted by atomic mass is 9.61. The summed E-state index contributed by atoms with van der Waals surface area (Å²) in [5.41, 5.74) is 5.22. The Kier molecular flexibility index (Phi) is 4.46. The third-order valence-electron chi connectivity index (χ3n) is 4.62. The van der Waals surface area contributed by atoms with Crippen molar-refractivity contribution in [3.63, 3.8) is 0 Å². The van der Waals surface area contributed by atoms with Crippen LogP contribution in [0.15, 0.2) is 0 Å². The van der Waals surface area contributed by atoms with Crippen molar-refractivity contribution in [2.24, 2.45) is 17.1 Å². The molecule has 0 aromatic rings. The Hall–Kier alpha value is -0.680. The minimum Gasteiger partial charge on any atom is -0.394 e. The lowest BCUT2D eigenvalue weighted by Gasteiger charge is -2.47. The summed E-state index contributed by atoms with van der Waals surface area (Å²) in [5, 5.41) is 9.52. The van der Waals surface area contributed by atoms with Gasteiger partial charge < -0.3 is 15.7 Å². The second kappa shape index (κ2) is 5.75. The van der Waals surface area contributed by atoms with Crippen molar-refractivity contribution in [2.75, 3.05) is 13.2 Å². The zero-order chi connectivity index (χ0) is 14.0. The fourth-order valence-electron chi connectivity index (χ4n) is 3.52. The predicted molar refractivity (Wildman–Crippen MR) is 78.7 cm³/mol. The van der Waals surface area contributed by atoms with Crippen LogP contribution in [0.25, 0.3) is 0 Å². The monoisotopic (exact) mass is 284 g/mol. The number of amides is 1. The minimum absolute atomic E-state index is 0.0364. The van der Waals surface area contributed by atoms with Crippen LogP contribution < -0.4 is 5.73 Å². The number of rotatable bonds is 3. The van der Waals surface area contributed by atoms with Gasteiger partial charge in [0.1, 0.15) is 0 Å². The number of aliphatic hydroxyl groups excluding tert-OH is 1. The number of nitrogens with two attached hydrogens (primary N) is 1. The first-order valence-electron chi connectivity index (χ1n) is 7.23. The van der Waals surface area contributed by atoms with Gasteiger partial charge in [0.15, 0.2) is 0 Å². The maximum Gasteiger partial charge on any atom is 0.235 e. The Morgan fingerprint density at radius 1 is 1.42 bits per heavy atom. The molecule has 1 amide bonds. The maximum absolute atomic E-state index is 12.9. The van der Waals surface area contributed by atoms with Crippen LogP contribution in [0.2, 0.25) is 0 Å². The van der Waals surface area contributed by atoms with Crippen LogP contribution in [0.4, 0.5) is 0 Å². The Morgan fingerprint density at radius 2 is 2.11 bits per heavy atom. The number of hydrogen-bond acceptors (Lipinski definition) is 3. The highest BCUT2D eigenvalue weighted by molar-refractivity contribution is 7.80. The summed E-state index contributed by atoms with van der Waals surface area (Å²) in [7, 11) is 0. The molecule has 1 aliphatic heterocycles. The molecule has 0 aromatic carbocycles. The van der Waals surface area contributed by atoms with Crippen LogP contribution >= 0.6 is 12.2 Å². The van der Waals surface area contributed by atoms with Crippen molar-refractivity contribution in [3.05, 3.63) is 0 Å². The smallest absolute Gasteiger partial charge is 0.235 e. The summed E-state index contributed by atoms with van der Waals surface area (Å²) in [6.07, 6.45) is 5.60. The molecule has 0 aromatic heterocycles. The van der Waals surface area contributed by atoms with Gasteiger partial charge in [-0.25, -0.2) is 0 Å². The zero-order valence-corrected chi connectivity index (χ0v) is 12.4. The molecule has 4 nitrogen and oxygen atoms in total. The Morgan fingerprint density at radius 3 is 2.63 bits per heavy atom. The van der Waals surface area contributed by atoms with Gasteiger partial charge in [0.25, 0.3) is 0 Å². The zero-order valence-electron chi connectivity index (χ0n) is 11.6. The first-order valence-corrected chi connectivity index (χ1v) is 7.64. The lowest BCUT2D eigenvalue weighted by molar-refractivity contribution is -0.147. The van der Waals surface area contributed by atoms with Gasteiger partial charge in [-0.2, -0.15) is 0 Å². The van der Waals surface area contributed by atoms with Crippen molar-refractivity contribution in [2.45, 2.75) is 51.5 Å². The van der Waals surface area contributed by atoms with Crippen LogP contribution in [0.1, 0.15) is 45.4 Å². The third kappa shape index (κ3) is 2.63. The quantitative estimate of drug-likeness (QED) is 0.770. The highest BCUT2D eigenvalue weighted by Gasteiger charge is 2.53. The van der Waals surface area contributed by atoms with Crippen LogP contribution in [0.3, 0.4) is 0 Å². The van der Waals surface area contributed by atoms with E-state index in [9.17, 15) is 9.90 Å². The van der Waals surface area contributed by atoms with E-state index >= 15 is 0 Å². The highest BCUT2D eigenvalue weighted by atomic mass is 32.1. The van der Waals surface area contributed by atoms with Crippen molar-refractivity contribution in [3.8, 4) is 0 Å². The molecule has 0 radical (unpaired) electrons. The second-order valence-electron chi connectivity index (χ2n) is 6.14. The van der Waals surface area contributed by atoms with Crippen LogP contribution in [-0.4, -0.2) is 40.1 Å². The number of carbonyl (C=O) groups excluding carboxylic acids is 1. The number of hydrogen-bond donors (Lipinski definition) is 2. The predicted octanol–water partition coefficient (Wildman–Crippen LogP) is 1.45. The molecule has 1 saturated heterocycles. The molecule has 1 heterocycles. The molecule has 1 aliphatic carbocycles. The van der Waals surface area contributed by atoms with E-state index in [1.807, 2.05) is 4.90 Å². The number of carbonyl (C=O) groups is 1. The summed E-state index contributed by atoms with van der Waals surface area (Å²) >= 11 is 5.16. The molecule has 1 unspecified atom stereocenters. The maximum atomic E-state index is 12.9. The average Bonchev–Trinajstić information content (AvgIpc) is 2.58. The molecule has 2 fully saturated rings. The van der Waals surface area contributed by atoms with Crippen molar-refractivity contribution in [1.29, 1.82) is 0 Å². The van der Waals surface area contributed by atoms with E-state index in [-0.39, 0.29) is 18.6 Å². The summed E-state index contributed by atoms with van der Waals surface area (Å²) < 4.78 is 0. The van der Waals surface area contributed by atoms with Gasteiger partial charge in [-0.15, -0.1) is 0 Å². The number of nitrogens with zero attached hydrogens (tertiary/aromatic N) is 1. The van der Waals surface area contributed by atoms with Crippen molar-refractivity contribution in [1.82, 2.24) is 4.90 Å². The van der Waals surface area contributed by atoms with Gasteiger partial charge in [0, 0.05) is 6.54 Å². The lowest BCUT2D eigenvalue weighted by Crippen LogP contribution is -2.59. The fraction of sp³-hybridized carbons (Fsp3) is 0.857. The first kappa shape index (κ1) is 14.7. The molecule has 2 rings (SSSR count). The average molecular weight is 284 g/mol. The molecule has 0 spiro atoms. The molecule has 3 N–H and O–H groups in total.